The van der Waals surface area contributed by atoms with Gasteiger partial charge in [-0.2, -0.15) is 0 Å². The summed E-state index contributed by atoms with van der Waals surface area (Å²) in [6.45, 7) is 1.96. The van der Waals surface area contributed by atoms with Gasteiger partial charge in [0, 0.05) is 12.6 Å². The maximum Gasteiger partial charge on any atom is 0.329 e. The van der Waals surface area contributed by atoms with Gasteiger partial charge < -0.3 is 4.98 Å². The minimum absolute atomic E-state index is 0.306. The number of hydrogen-bond donors (Lipinski definition) is 2. The van der Waals surface area contributed by atoms with Gasteiger partial charge in [-0.15, -0.1) is 0 Å². The van der Waals surface area contributed by atoms with Crippen LogP contribution < -0.4 is 11.2 Å². The van der Waals surface area contributed by atoms with Crippen LogP contribution in [0, 0.1) is 6.92 Å². The summed E-state index contributed by atoms with van der Waals surface area (Å²) < 4.78 is 1.31. The Morgan fingerprint density at radius 3 is 2.63 bits per heavy atom. The number of fused-ring (bicyclic) bond motifs is 1. The molecule has 0 saturated carbocycles. The zero-order valence-corrected chi connectivity index (χ0v) is 10.5. The standard InChI is InChI=1S/C13H12N4O2/c1-7-5-3-4-6-8(7)10-14-9-11(15-10)17(2)13(19)16-12(9)18/h3-6H,1-2H3,(H,14,15)(H,16,18,19). The molecule has 1 aromatic carbocycles. The largest absolute Gasteiger partial charge is 0.332 e. The van der Waals surface area contributed by atoms with Crippen molar-refractivity contribution in [3.63, 3.8) is 0 Å². The summed E-state index contributed by atoms with van der Waals surface area (Å²) in [5, 5.41) is 0. The highest BCUT2D eigenvalue weighted by Crippen LogP contribution is 2.21. The second-order valence-corrected chi connectivity index (χ2v) is 4.42. The lowest BCUT2D eigenvalue weighted by molar-refractivity contribution is 0.832. The monoisotopic (exact) mass is 256 g/mol. The minimum atomic E-state index is -0.472. The molecule has 0 spiro atoms. The van der Waals surface area contributed by atoms with Gasteiger partial charge in [0.1, 0.15) is 11.3 Å². The number of aryl methyl sites for hydroxylation is 2. The van der Waals surface area contributed by atoms with Crippen molar-refractivity contribution in [3.05, 3.63) is 50.7 Å². The van der Waals surface area contributed by atoms with Crippen LogP contribution in [0.2, 0.25) is 0 Å². The van der Waals surface area contributed by atoms with Gasteiger partial charge in [0.05, 0.1) is 0 Å². The zero-order chi connectivity index (χ0) is 13.6. The number of aromatic amines is 2. The molecule has 3 aromatic rings. The Morgan fingerprint density at radius 1 is 1.16 bits per heavy atom. The molecule has 19 heavy (non-hydrogen) atoms. The fraction of sp³-hybridized carbons (Fsp3) is 0.154. The van der Waals surface area contributed by atoms with Crippen molar-refractivity contribution in [1.29, 1.82) is 0 Å². The fourth-order valence-electron chi connectivity index (χ4n) is 2.07. The van der Waals surface area contributed by atoms with E-state index in [-0.39, 0.29) is 0 Å². The molecular weight excluding hydrogens is 244 g/mol. The van der Waals surface area contributed by atoms with E-state index in [9.17, 15) is 9.59 Å². The van der Waals surface area contributed by atoms with E-state index < -0.39 is 11.2 Å². The third kappa shape index (κ3) is 1.69. The first-order valence-electron chi connectivity index (χ1n) is 5.83. The van der Waals surface area contributed by atoms with Crippen molar-refractivity contribution in [2.45, 2.75) is 6.92 Å². The summed E-state index contributed by atoms with van der Waals surface area (Å²) in [4.78, 5) is 32.8. The van der Waals surface area contributed by atoms with Crippen molar-refractivity contribution >= 4 is 11.2 Å². The SMILES string of the molecule is Cc1ccccc1-c1nc2c([nH]1)c(=O)[nH]c(=O)n2C. The summed E-state index contributed by atoms with van der Waals surface area (Å²) in [6, 6.07) is 7.72. The summed E-state index contributed by atoms with van der Waals surface area (Å²) in [5.41, 5.74) is 1.69. The number of H-pyrrole nitrogens is 2. The number of nitrogens with zero attached hydrogens (tertiary/aromatic N) is 2. The first-order valence-corrected chi connectivity index (χ1v) is 5.83. The average Bonchev–Trinajstić information content (AvgIpc) is 2.82. The molecule has 6 nitrogen and oxygen atoms in total. The highest BCUT2D eigenvalue weighted by molar-refractivity contribution is 5.76. The maximum absolute atomic E-state index is 11.7. The fourth-order valence-corrected chi connectivity index (χ4v) is 2.07. The predicted octanol–water partition coefficient (Wildman–Crippen LogP) is 0.925. The van der Waals surface area contributed by atoms with E-state index in [0.29, 0.717) is 17.0 Å². The van der Waals surface area contributed by atoms with Crippen LogP contribution in [0.15, 0.2) is 33.9 Å². The Hall–Kier alpha value is -2.63. The maximum atomic E-state index is 11.7. The molecule has 0 saturated heterocycles. The van der Waals surface area contributed by atoms with Crippen LogP contribution in [0.3, 0.4) is 0 Å². The van der Waals surface area contributed by atoms with Gasteiger partial charge in [0.2, 0.25) is 0 Å². The van der Waals surface area contributed by atoms with Crippen molar-refractivity contribution < 1.29 is 0 Å². The third-order valence-corrected chi connectivity index (χ3v) is 3.15. The molecule has 2 heterocycles. The molecule has 0 fully saturated rings. The van der Waals surface area contributed by atoms with Crippen LogP contribution in [0.1, 0.15) is 5.56 Å². The Kier molecular flexibility index (Phi) is 2.38. The molecule has 0 unspecified atom stereocenters. The van der Waals surface area contributed by atoms with E-state index in [1.165, 1.54) is 4.57 Å². The molecule has 3 rings (SSSR count). The first kappa shape index (κ1) is 11.5. The predicted molar refractivity (Wildman–Crippen MR) is 72.1 cm³/mol. The Bertz CT molecular complexity index is 886. The van der Waals surface area contributed by atoms with Gasteiger partial charge in [0.15, 0.2) is 5.65 Å². The van der Waals surface area contributed by atoms with Crippen LogP contribution in [0.25, 0.3) is 22.6 Å². The molecule has 6 heteroatoms. The smallest absolute Gasteiger partial charge is 0.329 e. The van der Waals surface area contributed by atoms with Crippen molar-refractivity contribution in [3.8, 4) is 11.4 Å². The van der Waals surface area contributed by atoms with Crippen LogP contribution in [0.4, 0.5) is 0 Å². The molecule has 0 aliphatic rings. The number of imidazole rings is 1. The number of hydrogen-bond acceptors (Lipinski definition) is 3. The lowest BCUT2D eigenvalue weighted by atomic mass is 10.1. The highest BCUT2D eigenvalue weighted by Gasteiger charge is 2.12. The molecule has 2 aromatic heterocycles. The molecule has 2 N–H and O–H groups in total. The second-order valence-electron chi connectivity index (χ2n) is 4.42. The summed E-state index contributed by atoms with van der Waals surface area (Å²) in [7, 11) is 1.57. The lowest BCUT2D eigenvalue weighted by Crippen LogP contribution is -2.28. The van der Waals surface area contributed by atoms with E-state index in [1.807, 2.05) is 31.2 Å². The van der Waals surface area contributed by atoms with Crippen molar-refractivity contribution in [1.82, 2.24) is 19.5 Å². The van der Waals surface area contributed by atoms with Crippen LogP contribution in [0.5, 0.6) is 0 Å². The van der Waals surface area contributed by atoms with Crippen molar-refractivity contribution in [2.24, 2.45) is 7.05 Å². The van der Waals surface area contributed by atoms with Gasteiger partial charge in [0.25, 0.3) is 5.56 Å². The number of rotatable bonds is 1. The highest BCUT2D eigenvalue weighted by atomic mass is 16.2. The second kappa shape index (κ2) is 3.94. The summed E-state index contributed by atoms with van der Waals surface area (Å²) in [6.07, 6.45) is 0. The molecular formula is C13H12N4O2. The van der Waals surface area contributed by atoms with E-state index >= 15 is 0 Å². The Balaban J connectivity index is 2.38. The van der Waals surface area contributed by atoms with Gasteiger partial charge >= 0.3 is 5.69 Å². The van der Waals surface area contributed by atoms with Gasteiger partial charge in [-0.05, 0) is 12.5 Å². The molecule has 96 valence electrons. The van der Waals surface area contributed by atoms with E-state index in [2.05, 4.69) is 15.0 Å². The lowest BCUT2D eigenvalue weighted by Gasteiger charge is -2.00. The third-order valence-electron chi connectivity index (χ3n) is 3.15. The topological polar surface area (TPSA) is 83.5 Å². The molecule has 0 aliphatic carbocycles. The normalized spacial score (nSPS) is 11.1. The average molecular weight is 256 g/mol. The van der Waals surface area contributed by atoms with Crippen molar-refractivity contribution in [2.75, 3.05) is 0 Å². The zero-order valence-electron chi connectivity index (χ0n) is 10.5. The minimum Gasteiger partial charge on any atom is -0.332 e. The quantitative estimate of drug-likeness (QED) is 0.679. The summed E-state index contributed by atoms with van der Waals surface area (Å²) >= 11 is 0. The first-order chi connectivity index (χ1) is 9.08. The molecule has 0 radical (unpaired) electrons. The molecule has 0 bridgehead atoms. The molecule has 0 aliphatic heterocycles. The van der Waals surface area contributed by atoms with E-state index in [4.69, 9.17) is 0 Å². The molecule has 0 atom stereocenters. The summed E-state index contributed by atoms with van der Waals surface area (Å²) in [5.74, 6) is 0.583. The number of benzene rings is 1. The Morgan fingerprint density at radius 2 is 1.89 bits per heavy atom. The van der Waals surface area contributed by atoms with Crippen LogP contribution >= 0.6 is 0 Å². The van der Waals surface area contributed by atoms with Crippen LogP contribution in [-0.2, 0) is 7.05 Å². The van der Waals surface area contributed by atoms with Crippen LogP contribution in [-0.4, -0.2) is 19.5 Å². The molecule has 0 amide bonds. The van der Waals surface area contributed by atoms with E-state index in [1.54, 1.807) is 7.05 Å². The number of aromatic nitrogens is 4. The Labute approximate surface area is 107 Å². The number of nitrogens with one attached hydrogen (secondary N) is 2. The van der Waals surface area contributed by atoms with E-state index in [0.717, 1.165) is 11.1 Å². The van der Waals surface area contributed by atoms with Gasteiger partial charge in [-0.3, -0.25) is 14.3 Å². The van der Waals surface area contributed by atoms with Gasteiger partial charge in [-0.1, -0.05) is 24.3 Å². The van der Waals surface area contributed by atoms with Gasteiger partial charge in [-0.25, -0.2) is 9.78 Å².